The maximum absolute atomic E-state index is 12.5. The quantitative estimate of drug-likeness (QED) is 0.529. The lowest BCUT2D eigenvalue weighted by Gasteiger charge is -2.23. The molecule has 2 atom stereocenters. The lowest BCUT2D eigenvalue weighted by molar-refractivity contribution is -0.0191. The van der Waals surface area contributed by atoms with Crippen LogP contribution < -0.4 is 0 Å². The van der Waals surface area contributed by atoms with E-state index in [1.807, 2.05) is 6.92 Å². The Balaban J connectivity index is 2.23. The SMILES string of the molecule is CCC1CC(F)CCO1. The standard InChI is InChI=1S/C7H13FO/c1-2-7-5-6(8)3-4-9-7/h6-7H,2-5H2,1H3. The third kappa shape index (κ3) is 1.94. The van der Waals surface area contributed by atoms with E-state index < -0.39 is 6.17 Å². The van der Waals surface area contributed by atoms with E-state index in [0.29, 0.717) is 19.4 Å². The molecule has 0 N–H and O–H groups in total. The highest BCUT2D eigenvalue weighted by Gasteiger charge is 2.19. The van der Waals surface area contributed by atoms with E-state index >= 15 is 0 Å². The molecule has 1 rings (SSSR count). The zero-order valence-electron chi connectivity index (χ0n) is 5.77. The Bertz CT molecular complexity index is 85.0. The Morgan fingerprint density at radius 2 is 2.44 bits per heavy atom. The molecule has 1 fully saturated rings. The van der Waals surface area contributed by atoms with Gasteiger partial charge in [-0.1, -0.05) is 6.92 Å². The molecule has 0 saturated carbocycles. The van der Waals surface area contributed by atoms with E-state index in [0.717, 1.165) is 6.42 Å². The molecule has 0 bridgehead atoms. The summed E-state index contributed by atoms with van der Waals surface area (Å²) in [6.45, 7) is 2.64. The molecular weight excluding hydrogens is 119 g/mol. The second kappa shape index (κ2) is 3.16. The second-order valence-corrected chi connectivity index (χ2v) is 2.52. The van der Waals surface area contributed by atoms with Crippen molar-refractivity contribution < 1.29 is 9.13 Å². The fourth-order valence-electron chi connectivity index (χ4n) is 1.12. The first-order valence-corrected chi connectivity index (χ1v) is 3.58. The largest absolute Gasteiger partial charge is 0.378 e. The summed E-state index contributed by atoms with van der Waals surface area (Å²) in [6.07, 6.45) is 1.73. The van der Waals surface area contributed by atoms with Gasteiger partial charge in [0.25, 0.3) is 0 Å². The smallest absolute Gasteiger partial charge is 0.105 e. The highest BCUT2D eigenvalue weighted by Crippen LogP contribution is 2.18. The van der Waals surface area contributed by atoms with Crippen LogP contribution in [0.4, 0.5) is 4.39 Å². The van der Waals surface area contributed by atoms with Crippen LogP contribution in [-0.2, 0) is 4.74 Å². The Kier molecular flexibility index (Phi) is 2.46. The lowest BCUT2D eigenvalue weighted by Crippen LogP contribution is -2.25. The average molecular weight is 132 g/mol. The summed E-state index contributed by atoms with van der Waals surface area (Å²) in [4.78, 5) is 0. The van der Waals surface area contributed by atoms with Crippen LogP contribution in [0.5, 0.6) is 0 Å². The van der Waals surface area contributed by atoms with Crippen molar-refractivity contribution in [2.45, 2.75) is 38.5 Å². The fourth-order valence-corrected chi connectivity index (χ4v) is 1.12. The van der Waals surface area contributed by atoms with Crippen molar-refractivity contribution in [3.63, 3.8) is 0 Å². The van der Waals surface area contributed by atoms with Crippen molar-refractivity contribution in [1.29, 1.82) is 0 Å². The van der Waals surface area contributed by atoms with Crippen molar-refractivity contribution in [2.24, 2.45) is 0 Å². The average Bonchev–Trinajstić information content (AvgIpc) is 1.88. The number of rotatable bonds is 1. The van der Waals surface area contributed by atoms with Crippen molar-refractivity contribution >= 4 is 0 Å². The lowest BCUT2D eigenvalue weighted by atomic mass is 10.1. The highest BCUT2D eigenvalue weighted by molar-refractivity contribution is 4.68. The number of hydrogen-bond acceptors (Lipinski definition) is 1. The molecule has 0 aromatic carbocycles. The normalized spacial score (nSPS) is 36.7. The molecule has 54 valence electrons. The van der Waals surface area contributed by atoms with Gasteiger partial charge < -0.3 is 4.74 Å². The molecule has 2 heteroatoms. The molecule has 1 nitrogen and oxygen atoms in total. The Hall–Kier alpha value is -0.110. The molecule has 0 spiro atoms. The predicted molar refractivity (Wildman–Crippen MR) is 34.2 cm³/mol. The van der Waals surface area contributed by atoms with Crippen LogP contribution in [0.2, 0.25) is 0 Å². The van der Waals surface area contributed by atoms with Gasteiger partial charge in [-0.25, -0.2) is 4.39 Å². The van der Waals surface area contributed by atoms with Gasteiger partial charge in [0.15, 0.2) is 0 Å². The van der Waals surface area contributed by atoms with Crippen LogP contribution in [0.3, 0.4) is 0 Å². The third-order valence-electron chi connectivity index (χ3n) is 1.76. The topological polar surface area (TPSA) is 9.23 Å². The fraction of sp³-hybridized carbons (Fsp3) is 1.00. The number of ether oxygens (including phenoxy) is 1. The van der Waals surface area contributed by atoms with Crippen molar-refractivity contribution in [2.75, 3.05) is 6.61 Å². The van der Waals surface area contributed by atoms with E-state index in [4.69, 9.17) is 4.74 Å². The van der Waals surface area contributed by atoms with Crippen LogP contribution in [0.1, 0.15) is 26.2 Å². The first kappa shape index (κ1) is 7.00. The molecule has 2 unspecified atom stereocenters. The minimum Gasteiger partial charge on any atom is -0.378 e. The van der Waals surface area contributed by atoms with Gasteiger partial charge in [0.2, 0.25) is 0 Å². The van der Waals surface area contributed by atoms with Crippen molar-refractivity contribution in [1.82, 2.24) is 0 Å². The number of halogens is 1. The molecule has 1 aliphatic rings. The Morgan fingerprint density at radius 1 is 1.67 bits per heavy atom. The summed E-state index contributed by atoms with van der Waals surface area (Å²) in [7, 11) is 0. The van der Waals surface area contributed by atoms with E-state index in [9.17, 15) is 4.39 Å². The van der Waals surface area contributed by atoms with E-state index in [-0.39, 0.29) is 6.10 Å². The van der Waals surface area contributed by atoms with Gasteiger partial charge in [0.1, 0.15) is 6.17 Å². The van der Waals surface area contributed by atoms with Crippen LogP contribution in [-0.4, -0.2) is 18.9 Å². The monoisotopic (exact) mass is 132 g/mol. The molecule has 0 amide bonds. The molecule has 1 aliphatic heterocycles. The van der Waals surface area contributed by atoms with E-state index in [1.54, 1.807) is 0 Å². The minimum atomic E-state index is -0.608. The van der Waals surface area contributed by atoms with Crippen LogP contribution >= 0.6 is 0 Å². The van der Waals surface area contributed by atoms with Gasteiger partial charge in [0, 0.05) is 19.4 Å². The van der Waals surface area contributed by atoms with Gasteiger partial charge in [-0.05, 0) is 6.42 Å². The summed E-state index contributed by atoms with van der Waals surface area (Å²) in [5.41, 5.74) is 0. The number of alkyl halides is 1. The Morgan fingerprint density at radius 3 is 2.89 bits per heavy atom. The summed E-state index contributed by atoms with van der Waals surface area (Å²) in [5, 5.41) is 0. The molecule has 0 radical (unpaired) electrons. The van der Waals surface area contributed by atoms with Gasteiger partial charge in [-0.2, -0.15) is 0 Å². The second-order valence-electron chi connectivity index (χ2n) is 2.52. The van der Waals surface area contributed by atoms with Crippen molar-refractivity contribution in [3.05, 3.63) is 0 Å². The molecule has 0 aromatic heterocycles. The first-order valence-electron chi connectivity index (χ1n) is 3.58. The number of hydrogen-bond donors (Lipinski definition) is 0. The van der Waals surface area contributed by atoms with Gasteiger partial charge in [0.05, 0.1) is 6.10 Å². The molecule has 0 aromatic rings. The zero-order valence-corrected chi connectivity index (χ0v) is 5.77. The predicted octanol–water partition coefficient (Wildman–Crippen LogP) is 1.91. The minimum absolute atomic E-state index is 0.189. The summed E-state index contributed by atoms with van der Waals surface area (Å²) >= 11 is 0. The zero-order chi connectivity index (χ0) is 6.69. The van der Waals surface area contributed by atoms with Crippen LogP contribution in [0.25, 0.3) is 0 Å². The van der Waals surface area contributed by atoms with Gasteiger partial charge in [-0.3, -0.25) is 0 Å². The molecule has 1 heterocycles. The van der Waals surface area contributed by atoms with E-state index in [1.165, 1.54) is 0 Å². The molecule has 1 saturated heterocycles. The maximum atomic E-state index is 12.5. The molecule has 0 aliphatic carbocycles. The van der Waals surface area contributed by atoms with Crippen LogP contribution in [0, 0.1) is 0 Å². The van der Waals surface area contributed by atoms with Crippen LogP contribution in [0.15, 0.2) is 0 Å². The Labute approximate surface area is 55.2 Å². The first-order chi connectivity index (χ1) is 4.33. The maximum Gasteiger partial charge on any atom is 0.105 e. The van der Waals surface area contributed by atoms with Crippen molar-refractivity contribution in [3.8, 4) is 0 Å². The third-order valence-corrected chi connectivity index (χ3v) is 1.76. The summed E-state index contributed by atoms with van der Waals surface area (Å²) in [6, 6.07) is 0. The van der Waals surface area contributed by atoms with Gasteiger partial charge in [-0.15, -0.1) is 0 Å². The molecule has 9 heavy (non-hydrogen) atoms. The summed E-state index contributed by atoms with van der Waals surface area (Å²) < 4.78 is 17.8. The van der Waals surface area contributed by atoms with Gasteiger partial charge >= 0.3 is 0 Å². The molecular formula is C7H13FO. The highest BCUT2D eigenvalue weighted by atomic mass is 19.1. The van der Waals surface area contributed by atoms with E-state index in [2.05, 4.69) is 0 Å². The summed E-state index contributed by atoms with van der Waals surface area (Å²) in [5.74, 6) is 0.